The first-order valence-electron chi connectivity index (χ1n) is 15.2. The second-order valence-electron chi connectivity index (χ2n) is 12.6. The monoisotopic (exact) mass is 795 g/mol. The van der Waals surface area contributed by atoms with Crippen LogP contribution in [0.5, 0.6) is 0 Å². The molecule has 0 bridgehead atoms. The fourth-order valence-electron chi connectivity index (χ4n) is 6.34. The zero-order valence-electron chi connectivity index (χ0n) is 25.8. The van der Waals surface area contributed by atoms with E-state index in [-0.39, 0.29) is 72.9 Å². The largest absolute Gasteiger partial charge is 0.374 e. The Morgan fingerprint density at radius 3 is 2.33 bits per heavy atom. The second kappa shape index (κ2) is 16.5. The van der Waals surface area contributed by atoms with Crippen LogP contribution in [0, 0.1) is 67.1 Å². The molecular formula is C34H53O4SU-. The first-order valence-corrected chi connectivity index (χ1v) is 16.8. The van der Waals surface area contributed by atoms with E-state index in [9.17, 15) is 8.42 Å². The number of ether oxygens (including phenoxy) is 2. The van der Waals surface area contributed by atoms with E-state index in [0.29, 0.717) is 22.8 Å². The van der Waals surface area contributed by atoms with Crippen molar-refractivity contribution < 1.29 is 49.0 Å². The van der Waals surface area contributed by atoms with Crippen LogP contribution in [-0.2, 0) is 19.3 Å². The standard InChI is InChI=1S/C34H53O4S.U/c1-9-23(2)19-33-29(8)31(22-39(35,36)30-16-11-10-12-17-30)34(38-33)21-25(4)28(7)24(3)15-13-14-18-32-26(5)20-27(6)37-32;/h10-13,16-17,23-25,27,29,31-34H,5,7,9,14-15,18-22H2,1-4,6,8H3;/q-1;/t23?,24-,25?,27+,29-,31-,32?,33-,34+;/m1./s1. The van der Waals surface area contributed by atoms with Gasteiger partial charge in [-0.2, -0.15) is 12.8 Å². The molecule has 0 saturated carbocycles. The van der Waals surface area contributed by atoms with E-state index < -0.39 is 9.84 Å². The van der Waals surface area contributed by atoms with Gasteiger partial charge in [0.2, 0.25) is 0 Å². The molecule has 2 heterocycles. The fourth-order valence-corrected chi connectivity index (χ4v) is 8.12. The summed E-state index contributed by atoms with van der Waals surface area (Å²) in [5.74, 6) is 1.49. The topological polar surface area (TPSA) is 52.6 Å². The smallest absolute Gasteiger partial charge is 0.178 e. The van der Waals surface area contributed by atoms with Gasteiger partial charge in [-0.1, -0.05) is 83.9 Å². The van der Waals surface area contributed by atoms with E-state index in [1.54, 1.807) is 24.3 Å². The van der Waals surface area contributed by atoms with Crippen LogP contribution in [0.3, 0.4) is 0 Å². The number of allylic oxidation sites excluding steroid dienone is 1. The summed E-state index contributed by atoms with van der Waals surface area (Å²) in [7, 11) is -3.39. The van der Waals surface area contributed by atoms with Gasteiger partial charge >= 0.3 is 0 Å². The van der Waals surface area contributed by atoms with E-state index in [2.05, 4.69) is 61.1 Å². The van der Waals surface area contributed by atoms with Crippen LogP contribution in [0.4, 0.5) is 0 Å². The van der Waals surface area contributed by atoms with Crippen molar-refractivity contribution in [3.05, 3.63) is 61.1 Å². The van der Waals surface area contributed by atoms with Crippen LogP contribution in [0.15, 0.2) is 59.5 Å². The Labute approximate surface area is 269 Å². The van der Waals surface area contributed by atoms with Gasteiger partial charge in [-0.3, -0.25) is 0 Å². The van der Waals surface area contributed by atoms with Gasteiger partial charge in [-0.15, -0.1) is 0 Å². The number of benzene rings is 1. The zero-order chi connectivity index (χ0) is 28.7. The van der Waals surface area contributed by atoms with E-state index in [1.807, 2.05) is 6.07 Å². The summed E-state index contributed by atoms with van der Waals surface area (Å²) in [6, 6.07) is 8.87. The number of sulfone groups is 1. The molecule has 2 aliphatic heterocycles. The second-order valence-corrected chi connectivity index (χ2v) is 14.6. The van der Waals surface area contributed by atoms with Crippen LogP contribution < -0.4 is 0 Å². The zero-order valence-corrected chi connectivity index (χ0v) is 30.8. The minimum atomic E-state index is -3.39. The molecule has 40 heavy (non-hydrogen) atoms. The molecule has 6 heteroatoms. The Morgan fingerprint density at radius 2 is 1.73 bits per heavy atom. The van der Waals surface area contributed by atoms with Crippen molar-refractivity contribution in [2.24, 2.45) is 29.6 Å². The van der Waals surface area contributed by atoms with E-state index in [0.717, 1.165) is 44.9 Å². The van der Waals surface area contributed by atoms with Crippen molar-refractivity contribution in [3.8, 4) is 0 Å². The van der Waals surface area contributed by atoms with Crippen molar-refractivity contribution in [2.75, 3.05) is 5.75 Å². The Morgan fingerprint density at radius 1 is 1.05 bits per heavy atom. The van der Waals surface area contributed by atoms with Gasteiger partial charge in [0, 0.05) is 37.0 Å². The van der Waals surface area contributed by atoms with Gasteiger partial charge in [-0.25, -0.2) is 8.42 Å². The van der Waals surface area contributed by atoms with E-state index in [1.165, 1.54) is 11.1 Å². The summed E-state index contributed by atoms with van der Waals surface area (Å²) >= 11 is 0. The summed E-state index contributed by atoms with van der Waals surface area (Å²) in [5, 5.41) is 0. The average molecular weight is 796 g/mol. The summed E-state index contributed by atoms with van der Waals surface area (Å²) in [6.07, 6.45) is 9.75. The quantitative estimate of drug-likeness (QED) is 0.102. The third kappa shape index (κ3) is 9.84. The Hall–Kier alpha value is -0.378. The molecule has 0 radical (unpaired) electrons. The fraction of sp³-hybridized carbons (Fsp3) is 0.676. The van der Waals surface area contributed by atoms with Crippen molar-refractivity contribution in [3.63, 3.8) is 0 Å². The third-order valence-electron chi connectivity index (χ3n) is 9.34. The number of unbranched alkanes of at least 4 members (excludes halogenated alkanes) is 1. The Balaban J connectivity index is 0.00000560. The summed E-state index contributed by atoms with van der Waals surface area (Å²) in [5.41, 5.74) is 2.45. The number of rotatable bonds is 15. The van der Waals surface area contributed by atoms with Crippen molar-refractivity contribution in [2.45, 2.75) is 116 Å². The first kappa shape index (κ1) is 35.8. The normalized spacial score (nSPS) is 29.1. The van der Waals surface area contributed by atoms with Gasteiger partial charge in [0.1, 0.15) is 0 Å². The van der Waals surface area contributed by atoms with Gasteiger partial charge in [0.15, 0.2) is 9.84 Å². The maximum atomic E-state index is 13.4. The summed E-state index contributed by atoms with van der Waals surface area (Å²) < 4.78 is 39.4. The number of hydrogen-bond donors (Lipinski definition) is 0. The molecule has 2 saturated heterocycles. The van der Waals surface area contributed by atoms with Crippen LogP contribution >= 0.6 is 0 Å². The van der Waals surface area contributed by atoms with Crippen LogP contribution in [0.25, 0.3) is 0 Å². The van der Waals surface area contributed by atoms with Gasteiger partial charge in [0.25, 0.3) is 0 Å². The van der Waals surface area contributed by atoms with Gasteiger partial charge in [-0.05, 0) is 68.1 Å². The molecule has 3 unspecified atom stereocenters. The Kier molecular flexibility index (Phi) is 14.7. The minimum absolute atomic E-state index is 0. The van der Waals surface area contributed by atoms with Crippen molar-refractivity contribution >= 4 is 9.84 Å². The van der Waals surface area contributed by atoms with E-state index in [4.69, 9.17) is 9.47 Å². The molecule has 1 aromatic carbocycles. The number of hydrogen-bond acceptors (Lipinski definition) is 4. The van der Waals surface area contributed by atoms with Gasteiger partial charge in [0.05, 0.1) is 35.1 Å². The van der Waals surface area contributed by atoms with Crippen LogP contribution in [-0.4, -0.2) is 38.6 Å². The third-order valence-corrected chi connectivity index (χ3v) is 11.2. The van der Waals surface area contributed by atoms with Crippen molar-refractivity contribution in [1.82, 2.24) is 0 Å². The molecule has 4 nitrogen and oxygen atoms in total. The van der Waals surface area contributed by atoms with Gasteiger partial charge < -0.3 is 15.9 Å². The average Bonchev–Trinajstić information content (AvgIpc) is 3.37. The van der Waals surface area contributed by atoms with Crippen LogP contribution in [0.2, 0.25) is 0 Å². The molecule has 2 aliphatic rings. The molecule has 2 fully saturated rings. The molecule has 0 amide bonds. The molecule has 1 aromatic rings. The minimum Gasteiger partial charge on any atom is -0.374 e. The molecule has 224 valence electrons. The molecular weight excluding hydrogens is 742 g/mol. The molecule has 0 spiro atoms. The molecule has 0 aromatic heterocycles. The molecule has 3 rings (SSSR count). The van der Waals surface area contributed by atoms with Crippen molar-refractivity contribution in [1.29, 1.82) is 0 Å². The van der Waals surface area contributed by atoms with Crippen LogP contribution in [0.1, 0.15) is 86.5 Å². The van der Waals surface area contributed by atoms with E-state index >= 15 is 0 Å². The predicted molar refractivity (Wildman–Crippen MR) is 162 cm³/mol. The maximum absolute atomic E-state index is 13.4. The molecule has 0 N–H and O–H groups in total. The molecule has 0 aliphatic carbocycles. The summed E-state index contributed by atoms with van der Waals surface area (Å²) in [4.78, 5) is 0.406. The summed E-state index contributed by atoms with van der Waals surface area (Å²) in [6.45, 7) is 21.9. The SMILES string of the molecule is C=C1C[C@H](C)OC1CC[CH-]C[C@@H](C)C(=C)C(C)C[C@@H]1O[C@H](CC(C)CC)[C@H](C)[C@H]1CS(=O)(=O)c1ccccc1.[U]. The first-order chi connectivity index (χ1) is 18.4. The maximum Gasteiger partial charge on any atom is 0.178 e. The molecule has 9 atom stereocenters. The Bertz CT molecular complexity index is 1040. The predicted octanol–water partition coefficient (Wildman–Crippen LogP) is 8.24.